The molecular formula is C10H23NOS. The Labute approximate surface area is 86.8 Å². The second-order valence-corrected chi connectivity index (χ2v) is 4.78. The molecule has 0 aliphatic rings. The van der Waals surface area contributed by atoms with Gasteiger partial charge >= 0.3 is 0 Å². The number of thioether (sulfide) groups is 1. The van der Waals surface area contributed by atoms with Gasteiger partial charge < -0.3 is 10.1 Å². The number of hydrogen-bond donors (Lipinski definition) is 1. The van der Waals surface area contributed by atoms with Crippen molar-refractivity contribution in [3.8, 4) is 0 Å². The second kappa shape index (κ2) is 10.4. The van der Waals surface area contributed by atoms with Crippen LogP contribution in [0.5, 0.6) is 0 Å². The van der Waals surface area contributed by atoms with E-state index in [0.717, 1.165) is 31.4 Å². The SMILES string of the molecule is CCCSC(C)CNCCCOC. The minimum Gasteiger partial charge on any atom is -0.385 e. The summed E-state index contributed by atoms with van der Waals surface area (Å²) in [5.74, 6) is 1.28. The first-order valence-corrected chi connectivity index (χ1v) is 6.17. The Morgan fingerprint density at radius 1 is 1.46 bits per heavy atom. The van der Waals surface area contributed by atoms with Crippen molar-refractivity contribution in [1.29, 1.82) is 0 Å². The summed E-state index contributed by atoms with van der Waals surface area (Å²) in [6.07, 6.45) is 2.39. The highest BCUT2D eigenvalue weighted by Crippen LogP contribution is 2.09. The summed E-state index contributed by atoms with van der Waals surface area (Å²) in [5.41, 5.74) is 0. The van der Waals surface area contributed by atoms with Gasteiger partial charge in [0, 0.05) is 25.5 Å². The maximum Gasteiger partial charge on any atom is 0.0474 e. The van der Waals surface area contributed by atoms with E-state index in [4.69, 9.17) is 4.74 Å². The molecule has 0 aromatic heterocycles. The third-order valence-electron chi connectivity index (χ3n) is 1.74. The molecule has 3 heteroatoms. The monoisotopic (exact) mass is 205 g/mol. The average molecular weight is 205 g/mol. The molecule has 0 aromatic carbocycles. The van der Waals surface area contributed by atoms with Crippen molar-refractivity contribution < 1.29 is 4.74 Å². The van der Waals surface area contributed by atoms with E-state index >= 15 is 0 Å². The summed E-state index contributed by atoms with van der Waals surface area (Å²) < 4.78 is 4.97. The molecule has 1 atom stereocenters. The summed E-state index contributed by atoms with van der Waals surface area (Å²) in [6, 6.07) is 0. The minimum absolute atomic E-state index is 0.738. The topological polar surface area (TPSA) is 21.3 Å². The van der Waals surface area contributed by atoms with E-state index < -0.39 is 0 Å². The summed E-state index contributed by atoms with van der Waals surface area (Å²) in [6.45, 7) is 7.57. The van der Waals surface area contributed by atoms with E-state index in [1.807, 2.05) is 11.8 Å². The highest BCUT2D eigenvalue weighted by molar-refractivity contribution is 7.99. The lowest BCUT2D eigenvalue weighted by atomic mass is 10.4. The van der Waals surface area contributed by atoms with Crippen molar-refractivity contribution in [3.05, 3.63) is 0 Å². The third-order valence-corrected chi connectivity index (χ3v) is 3.12. The van der Waals surface area contributed by atoms with Gasteiger partial charge in [0.05, 0.1) is 0 Å². The van der Waals surface area contributed by atoms with Crippen molar-refractivity contribution in [3.63, 3.8) is 0 Å². The molecule has 0 aliphatic carbocycles. The molecule has 0 aromatic rings. The van der Waals surface area contributed by atoms with Crippen molar-refractivity contribution in [2.75, 3.05) is 32.6 Å². The molecule has 0 spiro atoms. The van der Waals surface area contributed by atoms with E-state index in [-0.39, 0.29) is 0 Å². The van der Waals surface area contributed by atoms with E-state index in [9.17, 15) is 0 Å². The predicted molar refractivity (Wildman–Crippen MR) is 61.6 cm³/mol. The summed E-state index contributed by atoms with van der Waals surface area (Å²) in [5, 5.41) is 4.17. The first-order valence-electron chi connectivity index (χ1n) is 5.12. The molecule has 13 heavy (non-hydrogen) atoms. The average Bonchev–Trinajstić information content (AvgIpc) is 2.14. The quantitative estimate of drug-likeness (QED) is 0.583. The molecule has 0 amide bonds. The first-order chi connectivity index (χ1) is 6.31. The maximum absolute atomic E-state index is 4.97. The van der Waals surface area contributed by atoms with E-state index in [1.54, 1.807) is 7.11 Å². The van der Waals surface area contributed by atoms with Crippen LogP contribution in [-0.4, -0.2) is 37.8 Å². The molecule has 0 saturated heterocycles. The molecule has 0 saturated carbocycles. The fourth-order valence-corrected chi connectivity index (χ4v) is 1.90. The highest BCUT2D eigenvalue weighted by atomic mass is 32.2. The van der Waals surface area contributed by atoms with Crippen LogP contribution in [-0.2, 0) is 4.74 Å². The summed E-state index contributed by atoms with van der Waals surface area (Å²) in [4.78, 5) is 0. The Morgan fingerprint density at radius 3 is 2.85 bits per heavy atom. The Balaban J connectivity index is 3.03. The van der Waals surface area contributed by atoms with Gasteiger partial charge in [-0.05, 0) is 25.1 Å². The van der Waals surface area contributed by atoms with Crippen molar-refractivity contribution in [1.82, 2.24) is 5.32 Å². The van der Waals surface area contributed by atoms with Gasteiger partial charge in [-0.3, -0.25) is 0 Å². The van der Waals surface area contributed by atoms with Gasteiger partial charge in [-0.15, -0.1) is 0 Å². The number of methoxy groups -OCH3 is 1. The van der Waals surface area contributed by atoms with Crippen LogP contribution in [0.25, 0.3) is 0 Å². The zero-order chi connectivity index (χ0) is 9.94. The molecule has 0 aliphatic heterocycles. The number of ether oxygens (including phenoxy) is 1. The van der Waals surface area contributed by atoms with Gasteiger partial charge in [-0.25, -0.2) is 0 Å². The molecule has 0 fully saturated rings. The van der Waals surface area contributed by atoms with Crippen LogP contribution in [0.2, 0.25) is 0 Å². The van der Waals surface area contributed by atoms with Crippen LogP contribution >= 0.6 is 11.8 Å². The molecule has 1 N–H and O–H groups in total. The normalized spacial score (nSPS) is 13.2. The van der Waals surface area contributed by atoms with Crippen LogP contribution in [0.15, 0.2) is 0 Å². The lowest BCUT2D eigenvalue weighted by Gasteiger charge is -2.11. The molecule has 0 radical (unpaired) electrons. The largest absolute Gasteiger partial charge is 0.385 e. The van der Waals surface area contributed by atoms with Gasteiger partial charge in [-0.1, -0.05) is 13.8 Å². The van der Waals surface area contributed by atoms with Gasteiger partial charge in [0.1, 0.15) is 0 Å². The first kappa shape index (κ1) is 13.3. The Morgan fingerprint density at radius 2 is 2.23 bits per heavy atom. The van der Waals surface area contributed by atoms with E-state index in [2.05, 4.69) is 19.2 Å². The zero-order valence-corrected chi connectivity index (χ0v) is 9.95. The van der Waals surface area contributed by atoms with Crippen LogP contribution in [0.3, 0.4) is 0 Å². The number of rotatable bonds is 9. The molecule has 2 nitrogen and oxygen atoms in total. The maximum atomic E-state index is 4.97. The lowest BCUT2D eigenvalue weighted by molar-refractivity contribution is 0.194. The van der Waals surface area contributed by atoms with Gasteiger partial charge in [-0.2, -0.15) is 11.8 Å². The van der Waals surface area contributed by atoms with Gasteiger partial charge in [0.25, 0.3) is 0 Å². The smallest absolute Gasteiger partial charge is 0.0474 e. The fourth-order valence-electron chi connectivity index (χ4n) is 1.02. The van der Waals surface area contributed by atoms with Crippen molar-refractivity contribution in [2.45, 2.75) is 31.9 Å². The van der Waals surface area contributed by atoms with Gasteiger partial charge in [0.15, 0.2) is 0 Å². The third kappa shape index (κ3) is 10.2. The standard InChI is InChI=1S/C10H23NOS/c1-4-8-13-10(2)9-11-6-5-7-12-3/h10-11H,4-9H2,1-3H3. The molecular weight excluding hydrogens is 182 g/mol. The van der Waals surface area contributed by atoms with Crippen molar-refractivity contribution in [2.24, 2.45) is 0 Å². The molecule has 0 heterocycles. The van der Waals surface area contributed by atoms with Crippen LogP contribution < -0.4 is 5.32 Å². The Hall–Kier alpha value is 0.270. The van der Waals surface area contributed by atoms with Crippen LogP contribution in [0.4, 0.5) is 0 Å². The second-order valence-electron chi connectivity index (χ2n) is 3.23. The van der Waals surface area contributed by atoms with Crippen molar-refractivity contribution >= 4 is 11.8 Å². The Kier molecular flexibility index (Phi) is 10.6. The summed E-state index contributed by atoms with van der Waals surface area (Å²) >= 11 is 2.05. The molecule has 0 bridgehead atoms. The Bertz CT molecular complexity index is 101. The van der Waals surface area contributed by atoms with Crippen LogP contribution in [0.1, 0.15) is 26.7 Å². The summed E-state index contributed by atoms with van der Waals surface area (Å²) in [7, 11) is 1.75. The van der Waals surface area contributed by atoms with Gasteiger partial charge in [0.2, 0.25) is 0 Å². The molecule has 1 unspecified atom stereocenters. The lowest BCUT2D eigenvalue weighted by Crippen LogP contribution is -2.24. The predicted octanol–water partition coefficient (Wildman–Crippen LogP) is 2.14. The molecule has 80 valence electrons. The minimum atomic E-state index is 0.738. The zero-order valence-electron chi connectivity index (χ0n) is 9.14. The van der Waals surface area contributed by atoms with E-state index in [0.29, 0.717) is 0 Å². The van der Waals surface area contributed by atoms with E-state index in [1.165, 1.54) is 12.2 Å². The highest BCUT2D eigenvalue weighted by Gasteiger charge is 1.99. The number of nitrogens with one attached hydrogen (secondary N) is 1. The number of hydrogen-bond acceptors (Lipinski definition) is 3. The fraction of sp³-hybridized carbons (Fsp3) is 1.00. The molecule has 0 rings (SSSR count). The van der Waals surface area contributed by atoms with Crippen LogP contribution in [0, 0.1) is 0 Å².